The summed E-state index contributed by atoms with van der Waals surface area (Å²) in [4.78, 5) is 0. The van der Waals surface area contributed by atoms with Gasteiger partial charge in [0.05, 0.1) is 0 Å². The van der Waals surface area contributed by atoms with Gasteiger partial charge in [-0.1, -0.05) is 37.6 Å². The number of hydrogen-bond acceptors (Lipinski definition) is 2. The molecule has 0 aromatic rings. The minimum absolute atomic E-state index is 0. The molecule has 1 atom stereocenters. The molecule has 0 bridgehead atoms. The Bertz CT molecular complexity index is 380. The van der Waals surface area contributed by atoms with Crippen LogP contribution in [0.4, 0.5) is 0 Å². The molecule has 0 saturated carbocycles. The smallest absolute Gasteiger partial charge is 0.358 e. The van der Waals surface area contributed by atoms with Crippen molar-refractivity contribution in [2.75, 3.05) is 13.2 Å². The summed E-state index contributed by atoms with van der Waals surface area (Å²) in [5.41, 5.74) is 0. The average Bonchev–Trinajstić information content (AvgIpc) is 3.02. The van der Waals surface area contributed by atoms with Gasteiger partial charge in [0.2, 0.25) is 0 Å². The third kappa shape index (κ3) is 12.6. The minimum Gasteiger partial charge on any atom is -0.358 e. The molecule has 1 unspecified atom stereocenters. The Labute approximate surface area is 183 Å². The van der Waals surface area contributed by atoms with Gasteiger partial charge in [0.1, 0.15) is 15.4 Å². The quantitative estimate of drug-likeness (QED) is 0.0871. The van der Waals surface area contributed by atoms with Crippen molar-refractivity contribution in [3.63, 3.8) is 0 Å². The molecule has 0 aromatic carbocycles. The molecule has 0 fully saturated rings. The summed E-state index contributed by atoms with van der Waals surface area (Å²) in [6.45, 7) is 12.0. The predicted molar refractivity (Wildman–Crippen MR) is 118 cm³/mol. The number of ether oxygens (including phenoxy) is 2. The Kier molecular flexibility index (Phi) is 26.0. The van der Waals surface area contributed by atoms with E-state index in [9.17, 15) is 0 Å². The third-order valence-corrected chi connectivity index (χ3v) is 9.64. The zero-order chi connectivity index (χ0) is 16.3. The number of allylic oxidation sites excluding steroid dienone is 5. The first-order chi connectivity index (χ1) is 10.7. The second kappa shape index (κ2) is 20.0. The SMILES string of the molecule is C=CC[Si](C)(CCCC[Si]C(OCC)OCC)C1=[C-]CC=C1.[CH3-].[CH3-].[CH3-].[Pt+4]. The van der Waals surface area contributed by atoms with E-state index in [0.717, 1.165) is 29.2 Å². The standard InChI is InChI=1S/C18H31O2Si2.3CH3.Pt/c1-5-15-22(4,17-12-8-9-13-17)16-11-10-14-21-18(19-6-2)20-7-3;;;;/h5,8,12,18H,1,6-7,9-11,14-16H2,2-4H3;3*1H3;/q4*-1;+4. The van der Waals surface area contributed by atoms with E-state index in [-0.39, 0.29) is 49.3 Å². The summed E-state index contributed by atoms with van der Waals surface area (Å²) < 4.78 is 11.2. The van der Waals surface area contributed by atoms with Crippen LogP contribution in [0.2, 0.25) is 24.7 Å². The van der Waals surface area contributed by atoms with E-state index in [2.05, 4.69) is 37.4 Å². The first kappa shape index (κ1) is 33.8. The van der Waals surface area contributed by atoms with E-state index in [1.165, 1.54) is 36.2 Å². The van der Waals surface area contributed by atoms with Crippen LogP contribution >= 0.6 is 0 Å². The van der Waals surface area contributed by atoms with Crippen molar-refractivity contribution in [1.29, 1.82) is 0 Å². The summed E-state index contributed by atoms with van der Waals surface area (Å²) >= 11 is 0. The van der Waals surface area contributed by atoms with Crippen LogP contribution in [0.5, 0.6) is 0 Å². The first-order valence-electron chi connectivity index (χ1n) is 8.51. The van der Waals surface area contributed by atoms with Gasteiger partial charge in [-0.15, -0.1) is 13.0 Å². The van der Waals surface area contributed by atoms with E-state index in [1.807, 2.05) is 13.8 Å². The topological polar surface area (TPSA) is 18.5 Å². The predicted octanol–water partition coefficient (Wildman–Crippen LogP) is 6.09. The average molecular weight is 576 g/mol. The Morgan fingerprint density at radius 2 is 1.85 bits per heavy atom. The molecule has 0 aromatic heterocycles. The third-order valence-electron chi connectivity index (χ3n) is 4.04. The molecule has 0 amide bonds. The largest absolute Gasteiger partial charge is 4.00 e. The second-order valence-corrected chi connectivity index (χ2v) is 11.9. The van der Waals surface area contributed by atoms with Crippen LogP contribution < -0.4 is 0 Å². The van der Waals surface area contributed by atoms with Gasteiger partial charge in [0.15, 0.2) is 0 Å². The van der Waals surface area contributed by atoms with Crippen molar-refractivity contribution in [2.24, 2.45) is 0 Å². The van der Waals surface area contributed by atoms with E-state index in [0.29, 0.717) is 0 Å². The van der Waals surface area contributed by atoms with Crippen molar-refractivity contribution in [2.45, 2.75) is 63.7 Å². The minimum atomic E-state index is -1.38. The summed E-state index contributed by atoms with van der Waals surface area (Å²) in [7, 11) is -0.630. The Morgan fingerprint density at radius 1 is 1.23 bits per heavy atom. The number of hydrogen-bond donors (Lipinski definition) is 0. The van der Waals surface area contributed by atoms with Crippen molar-refractivity contribution < 1.29 is 30.5 Å². The second-order valence-electron chi connectivity index (χ2n) is 5.90. The molecule has 2 nitrogen and oxygen atoms in total. The maximum Gasteiger partial charge on any atom is 4.00 e. The number of unbranched alkanes of at least 4 members (excludes halogenated alkanes) is 1. The van der Waals surface area contributed by atoms with Crippen LogP contribution in [-0.2, 0) is 30.5 Å². The summed E-state index contributed by atoms with van der Waals surface area (Å²) in [6, 6.07) is 3.72. The van der Waals surface area contributed by atoms with Crippen LogP contribution in [-0.4, -0.2) is 36.7 Å². The summed E-state index contributed by atoms with van der Waals surface area (Å²) in [5.74, 6) is 0.0145. The molecule has 26 heavy (non-hydrogen) atoms. The van der Waals surface area contributed by atoms with Gasteiger partial charge in [0, 0.05) is 21.3 Å². The van der Waals surface area contributed by atoms with Crippen molar-refractivity contribution >= 4 is 17.6 Å². The van der Waals surface area contributed by atoms with Gasteiger partial charge < -0.3 is 31.8 Å². The Morgan fingerprint density at radius 3 is 2.31 bits per heavy atom. The van der Waals surface area contributed by atoms with Gasteiger partial charge in [-0.05, 0) is 19.9 Å². The fraction of sp³-hybridized carbons (Fsp3) is 0.571. The van der Waals surface area contributed by atoms with E-state index in [4.69, 9.17) is 9.47 Å². The Hall–Kier alpha value is 0.262. The molecule has 2 radical (unpaired) electrons. The van der Waals surface area contributed by atoms with Gasteiger partial charge in [-0.2, -0.15) is 6.08 Å². The fourth-order valence-electron chi connectivity index (χ4n) is 2.81. The van der Waals surface area contributed by atoms with Crippen LogP contribution in [0.15, 0.2) is 30.0 Å². The molecule has 1 rings (SSSR count). The molecule has 1 aliphatic carbocycles. The van der Waals surface area contributed by atoms with Crippen LogP contribution in [0.1, 0.15) is 33.1 Å². The van der Waals surface area contributed by atoms with Gasteiger partial charge in [0.25, 0.3) is 0 Å². The fourth-order valence-corrected chi connectivity index (χ4v) is 7.48. The zero-order valence-electron chi connectivity index (χ0n) is 17.8. The maximum atomic E-state index is 5.61. The Balaban J connectivity index is -0.000000605. The monoisotopic (exact) mass is 575 g/mol. The molecular weight excluding hydrogens is 535 g/mol. The summed E-state index contributed by atoms with van der Waals surface area (Å²) in [6.07, 6.45) is 13.8. The first-order valence-corrected chi connectivity index (χ1v) is 12.7. The van der Waals surface area contributed by atoms with Crippen LogP contribution in [0.3, 0.4) is 0 Å². The molecule has 5 heteroatoms. The number of rotatable bonds is 13. The van der Waals surface area contributed by atoms with Crippen molar-refractivity contribution in [3.05, 3.63) is 58.4 Å². The van der Waals surface area contributed by atoms with Crippen molar-refractivity contribution in [1.82, 2.24) is 0 Å². The van der Waals surface area contributed by atoms with E-state index < -0.39 is 8.07 Å². The van der Waals surface area contributed by atoms with Crippen molar-refractivity contribution in [3.8, 4) is 0 Å². The van der Waals surface area contributed by atoms with Gasteiger partial charge in [-0.3, -0.25) is 6.08 Å². The van der Waals surface area contributed by atoms with Crippen LogP contribution in [0, 0.1) is 28.4 Å². The molecule has 0 heterocycles. The normalized spacial score (nSPS) is 14.2. The van der Waals surface area contributed by atoms with Gasteiger partial charge >= 0.3 is 21.1 Å². The van der Waals surface area contributed by atoms with E-state index >= 15 is 0 Å². The molecule has 0 aliphatic heterocycles. The summed E-state index contributed by atoms with van der Waals surface area (Å²) in [5, 5.41) is 1.51. The molecule has 0 saturated heterocycles. The molecule has 154 valence electrons. The molecular formula is C21H40O2PtSi2. The van der Waals surface area contributed by atoms with E-state index in [1.54, 1.807) is 0 Å². The van der Waals surface area contributed by atoms with Crippen LogP contribution in [0.25, 0.3) is 0 Å². The molecule has 0 N–H and O–H groups in total. The maximum absolute atomic E-state index is 5.61. The zero-order valence-corrected chi connectivity index (χ0v) is 22.1. The molecule has 0 spiro atoms. The van der Waals surface area contributed by atoms with Gasteiger partial charge in [-0.25, -0.2) is 11.3 Å². The molecule has 1 aliphatic rings.